The predicted molar refractivity (Wildman–Crippen MR) is 108 cm³/mol. The molecule has 0 aliphatic rings. The first-order valence-electron chi connectivity index (χ1n) is 9.08. The first-order chi connectivity index (χ1) is 13.9. The third kappa shape index (κ3) is 3.69. The summed E-state index contributed by atoms with van der Waals surface area (Å²) in [6.45, 7) is 3.84. The average Bonchev–Trinajstić information content (AvgIpc) is 3.01. The number of ether oxygens (including phenoxy) is 1. The van der Waals surface area contributed by atoms with Crippen molar-refractivity contribution in [3.63, 3.8) is 0 Å². The highest BCUT2D eigenvalue weighted by Gasteiger charge is 2.13. The number of methoxy groups -OCH3 is 1. The van der Waals surface area contributed by atoms with Gasteiger partial charge in [0.25, 0.3) is 5.78 Å². The molecule has 0 atom stereocenters. The molecule has 0 radical (unpaired) electrons. The minimum atomic E-state index is -0.265. The van der Waals surface area contributed by atoms with E-state index in [0.29, 0.717) is 35.1 Å². The molecule has 0 spiro atoms. The third-order valence-electron chi connectivity index (χ3n) is 4.66. The van der Waals surface area contributed by atoms with E-state index in [4.69, 9.17) is 4.74 Å². The van der Waals surface area contributed by atoms with Crippen LogP contribution in [0.2, 0.25) is 0 Å². The fraction of sp³-hybridized carbons (Fsp3) is 0.190. The topological polar surface area (TPSA) is 73.4 Å². The summed E-state index contributed by atoms with van der Waals surface area (Å²) in [5.41, 5.74) is 2.61. The van der Waals surface area contributed by atoms with Gasteiger partial charge in [0.15, 0.2) is 0 Å². The van der Waals surface area contributed by atoms with E-state index in [2.05, 4.69) is 15.4 Å². The summed E-state index contributed by atoms with van der Waals surface area (Å²) in [4.78, 5) is 17.2. The van der Waals surface area contributed by atoms with Gasteiger partial charge in [0, 0.05) is 17.4 Å². The lowest BCUT2D eigenvalue weighted by Gasteiger charge is -2.08. The van der Waals surface area contributed by atoms with Crippen LogP contribution in [0.25, 0.3) is 5.78 Å². The van der Waals surface area contributed by atoms with Crippen molar-refractivity contribution >= 4 is 17.3 Å². The Balaban J connectivity index is 1.66. The summed E-state index contributed by atoms with van der Waals surface area (Å²) in [6, 6.07) is 13.9. The number of halogens is 1. The van der Waals surface area contributed by atoms with Crippen molar-refractivity contribution < 1.29 is 9.13 Å². The number of anilines is 2. The van der Waals surface area contributed by atoms with E-state index in [1.165, 1.54) is 15.1 Å². The molecule has 0 amide bonds. The largest absolute Gasteiger partial charge is 0.497 e. The molecule has 1 N–H and O–H groups in total. The molecule has 4 aromatic rings. The highest BCUT2D eigenvalue weighted by Crippen LogP contribution is 2.19. The Morgan fingerprint density at radius 3 is 2.55 bits per heavy atom. The van der Waals surface area contributed by atoms with Gasteiger partial charge in [-0.05, 0) is 55.3 Å². The van der Waals surface area contributed by atoms with Gasteiger partial charge in [-0.15, -0.1) is 5.10 Å². The normalized spacial score (nSPS) is 11.0. The van der Waals surface area contributed by atoms with Crippen molar-refractivity contribution in [3.8, 4) is 5.75 Å². The maximum Gasteiger partial charge on any atom is 0.352 e. The van der Waals surface area contributed by atoms with E-state index in [0.717, 1.165) is 11.3 Å². The zero-order valence-electron chi connectivity index (χ0n) is 16.3. The molecule has 0 fully saturated rings. The molecule has 2 aromatic carbocycles. The maximum atomic E-state index is 13.5. The summed E-state index contributed by atoms with van der Waals surface area (Å²) in [5.74, 6) is 1.31. The van der Waals surface area contributed by atoms with E-state index in [9.17, 15) is 9.18 Å². The van der Waals surface area contributed by atoms with Crippen molar-refractivity contribution in [2.45, 2.75) is 20.4 Å². The number of nitrogens with zero attached hydrogens (tertiary/aromatic N) is 4. The van der Waals surface area contributed by atoms with Gasteiger partial charge in [0.1, 0.15) is 17.4 Å². The first kappa shape index (κ1) is 18.7. The maximum absolute atomic E-state index is 13.5. The highest BCUT2D eigenvalue weighted by atomic mass is 19.1. The third-order valence-corrected chi connectivity index (χ3v) is 4.66. The molecule has 0 saturated carbocycles. The van der Waals surface area contributed by atoms with Gasteiger partial charge >= 0.3 is 5.69 Å². The highest BCUT2D eigenvalue weighted by molar-refractivity contribution is 5.59. The number of nitrogens with one attached hydrogen (secondary N) is 1. The molecule has 0 unspecified atom stereocenters. The molecule has 148 valence electrons. The average molecular weight is 393 g/mol. The van der Waals surface area contributed by atoms with Gasteiger partial charge in [-0.2, -0.15) is 4.98 Å². The van der Waals surface area contributed by atoms with E-state index >= 15 is 0 Å². The zero-order valence-corrected chi connectivity index (χ0v) is 16.3. The molecule has 2 aromatic heterocycles. The van der Waals surface area contributed by atoms with Crippen molar-refractivity contribution in [1.29, 1.82) is 0 Å². The number of aryl methyl sites for hydroxylation is 2. The second-order valence-corrected chi connectivity index (χ2v) is 6.80. The van der Waals surface area contributed by atoms with Crippen LogP contribution < -0.4 is 15.7 Å². The Hall–Kier alpha value is -3.68. The quantitative estimate of drug-likeness (QED) is 0.562. The SMILES string of the molecule is COc1ccc(Cn2nc3nc(Nc4ccc(F)c(C)c4)cc(C)n3c2=O)cc1. The predicted octanol–water partition coefficient (Wildman–Crippen LogP) is 3.45. The van der Waals surface area contributed by atoms with Crippen LogP contribution in [0.5, 0.6) is 5.75 Å². The second-order valence-electron chi connectivity index (χ2n) is 6.80. The summed E-state index contributed by atoms with van der Waals surface area (Å²) >= 11 is 0. The smallest absolute Gasteiger partial charge is 0.352 e. The minimum absolute atomic E-state index is 0.259. The number of hydrogen-bond acceptors (Lipinski definition) is 5. The first-order valence-corrected chi connectivity index (χ1v) is 9.08. The van der Waals surface area contributed by atoms with Gasteiger partial charge in [0.05, 0.1) is 13.7 Å². The lowest BCUT2D eigenvalue weighted by atomic mass is 10.2. The van der Waals surface area contributed by atoms with Crippen molar-refractivity contribution in [3.05, 3.63) is 81.7 Å². The molecule has 0 saturated heterocycles. The van der Waals surface area contributed by atoms with Crippen LogP contribution >= 0.6 is 0 Å². The summed E-state index contributed by atoms with van der Waals surface area (Å²) < 4.78 is 21.5. The van der Waals surface area contributed by atoms with Crippen LogP contribution in [0.15, 0.2) is 53.3 Å². The van der Waals surface area contributed by atoms with Crippen LogP contribution in [-0.2, 0) is 6.54 Å². The number of rotatable bonds is 5. The number of benzene rings is 2. The van der Waals surface area contributed by atoms with Crippen molar-refractivity contribution in [1.82, 2.24) is 19.2 Å². The Kier molecular flexibility index (Phi) is 4.75. The lowest BCUT2D eigenvalue weighted by molar-refractivity contribution is 0.414. The van der Waals surface area contributed by atoms with Gasteiger partial charge in [0.2, 0.25) is 0 Å². The van der Waals surface area contributed by atoms with E-state index in [1.807, 2.05) is 31.2 Å². The van der Waals surface area contributed by atoms with Gasteiger partial charge < -0.3 is 10.1 Å². The van der Waals surface area contributed by atoms with Gasteiger partial charge in [-0.25, -0.2) is 18.3 Å². The molecule has 0 bridgehead atoms. The summed E-state index contributed by atoms with van der Waals surface area (Å²) in [7, 11) is 1.61. The van der Waals surface area contributed by atoms with Gasteiger partial charge in [-0.1, -0.05) is 12.1 Å². The molecular weight excluding hydrogens is 373 g/mol. The van der Waals surface area contributed by atoms with Crippen LogP contribution in [0, 0.1) is 19.7 Å². The fourth-order valence-electron chi connectivity index (χ4n) is 3.12. The zero-order chi connectivity index (χ0) is 20.5. The van der Waals surface area contributed by atoms with E-state index in [1.54, 1.807) is 32.2 Å². The van der Waals surface area contributed by atoms with E-state index < -0.39 is 0 Å². The molecule has 0 aliphatic carbocycles. The molecule has 7 nitrogen and oxygen atoms in total. The van der Waals surface area contributed by atoms with E-state index in [-0.39, 0.29) is 11.5 Å². The number of aromatic nitrogens is 4. The minimum Gasteiger partial charge on any atom is -0.497 e. The summed E-state index contributed by atoms with van der Waals surface area (Å²) in [5, 5.41) is 7.51. The summed E-state index contributed by atoms with van der Waals surface area (Å²) in [6.07, 6.45) is 0. The standard InChI is InChI=1S/C21H20FN5O2/c1-13-10-16(6-9-18(13)22)23-19-11-14(2)27-20(24-19)25-26(21(27)28)12-15-4-7-17(29-3)8-5-15/h4-11H,12H2,1-3H3,(H,23,24,25). The fourth-order valence-corrected chi connectivity index (χ4v) is 3.12. The Bertz CT molecular complexity index is 1240. The Labute approximate surface area is 166 Å². The van der Waals surface area contributed by atoms with Crippen molar-refractivity contribution in [2.24, 2.45) is 0 Å². The molecule has 2 heterocycles. The lowest BCUT2D eigenvalue weighted by Crippen LogP contribution is -2.22. The van der Waals surface area contributed by atoms with Crippen LogP contribution in [0.4, 0.5) is 15.9 Å². The van der Waals surface area contributed by atoms with Crippen LogP contribution in [0.3, 0.4) is 0 Å². The van der Waals surface area contributed by atoms with Crippen LogP contribution in [0.1, 0.15) is 16.8 Å². The molecule has 4 rings (SSSR count). The second kappa shape index (κ2) is 7.38. The molecule has 29 heavy (non-hydrogen) atoms. The van der Waals surface area contributed by atoms with Gasteiger partial charge in [-0.3, -0.25) is 0 Å². The monoisotopic (exact) mass is 393 g/mol. The number of fused-ring (bicyclic) bond motifs is 1. The molecule has 8 heteroatoms. The molecular formula is C21H20FN5O2. The van der Waals surface area contributed by atoms with Crippen molar-refractivity contribution in [2.75, 3.05) is 12.4 Å². The number of hydrogen-bond donors (Lipinski definition) is 1. The van der Waals surface area contributed by atoms with Crippen LogP contribution in [-0.4, -0.2) is 26.3 Å². The Morgan fingerprint density at radius 1 is 1.10 bits per heavy atom. The molecule has 0 aliphatic heterocycles. The Morgan fingerprint density at radius 2 is 1.86 bits per heavy atom.